The van der Waals surface area contributed by atoms with E-state index in [2.05, 4.69) is 10.3 Å². The van der Waals surface area contributed by atoms with Crippen LogP contribution in [0, 0.1) is 13.8 Å². The number of amides is 1. The highest BCUT2D eigenvalue weighted by Crippen LogP contribution is 2.39. The van der Waals surface area contributed by atoms with E-state index in [0.717, 1.165) is 21.5 Å². The third kappa shape index (κ3) is 2.19. The van der Waals surface area contributed by atoms with Gasteiger partial charge in [0.2, 0.25) is 0 Å². The van der Waals surface area contributed by atoms with Crippen LogP contribution in [0.2, 0.25) is 10.0 Å². The van der Waals surface area contributed by atoms with E-state index in [1.807, 2.05) is 13.8 Å². The van der Waals surface area contributed by atoms with Crippen LogP contribution < -0.4 is 5.32 Å². The zero-order valence-corrected chi connectivity index (χ0v) is 13.2. The van der Waals surface area contributed by atoms with E-state index in [0.29, 0.717) is 28.1 Å². The first-order valence-corrected chi connectivity index (χ1v) is 7.69. The lowest BCUT2D eigenvalue weighted by molar-refractivity contribution is -0.00338. The van der Waals surface area contributed by atoms with Crippen molar-refractivity contribution in [3.8, 4) is 0 Å². The first-order chi connectivity index (χ1) is 9.49. The summed E-state index contributed by atoms with van der Waals surface area (Å²) in [5.41, 5.74) is 1.61. The second-order valence-corrected chi connectivity index (χ2v) is 6.52. The number of pyridine rings is 1. The highest BCUT2D eigenvalue weighted by molar-refractivity contribution is 7.21. The Morgan fingerprint density at radius 1 is 1.35 bits per heavy atom. The molecule has 0 bridgehead atoms. The molecule has 0 aromatic carbocycles. The van der Waals surface area contributed by atoms with Crippen molar-refractivity contribution in [3.63, 3.8) is 0 Å². The SMILES string of the molecule is Cc1nc2sc(C(=O)NC3COC3)c(Cl)c2c(C)c1Cl. The van der Waals surface area contributed by atoms with E-state index in [1.54, 1.807) is 0 Å². The van der Waals surface area contributed by atoms with Crippen molar-refractivity contribution in [2.45, 2.75) is 19.9 Å². The molecular formula is C13H12Cl2N2O2S. The third-order valence-electron chi connectivity index (χ3n) is 3.30. The van der Waals surface area contributed by atoms with Crippen molar-refractivity contribution < 1.29 is 9.53 Å². The number of hydrogen-bond donors (Lipinski definition) is 1. The highest BCUT2D eigenvalue weighted by atomic mass is 35.5. The maximum absolute atomic E-state index is 12.2. The molecular weight excluding hydrogens is 319 g/mol. The number of nitrogens with one attached hydrogen (secondary N) is 1. The molecule has 0 unspecified atom stereocenters. The first kappa shape index (κ1) is 14.1. The Balaban J connectivity index is 2.06. The van der Waals surface area contributed by atoms with Crippen LogP contribution in [0.1, 0.15) is 20.9 Å². The topological polar surface area (TPSA) is 51.2 Å². The smallest absolute Gasteiger partial charge is 0.263 e. The second kappa shape index (κ2) is 5.15. The Labute approximate surface area is 130 Å². The Kier molecular flexibility index (Phi) is 3.62. The lowest BCUT2D eigenvalue weighted by atomic mass is 10.1. The molecule has 3 rings (SSSR count). The number of halogens is 2. The van der Waals surface area contributed by atoms with Crippen LogP contribution in [0.15, 0.2) is 0 Å². The number of carbonyl (C=O) groups is 1. The zero-order valence-electron chi connectivity index (χ0n) is 10.9. The molecule has 3 heterocycles. The van der Waals surface area contributed by atoms with Gasteiger partial charge in [0.15, 0.2) is 0 Å². The fraction of sp³-hybridized carbons (Fsp3) is 0.385. The summed E-state index contributed by atoms with van der Waals surface area (Å²) in [6.45, 7) is 4.83. The molecule has 20 heavy (non-hydrogen) atoms. The number of aryl methyl sites for hydroxylation is 2. The molecule has 2 aromatic heterocycles. The molecule has 1 aliphatic rings. The number of thiophene rings is 1. The average Bonchev–Trinajstić information content (AvgIpc) is 2.68. The van der Waals surface area contributed by atoms with Crippen LogP contribution in [-0.2, 0) is 4.74 Å². The monoisotopic (exact) mass is 330 g/mol. The molecule has 2 aromatic rings. The van der Waals surface area contributed by atoms with E-state index in [1.165, 1.54) is 11.3 Å². The summed E-state index contributed by atoms with van der Waals surface area (Å²) < 4.78 is 5.04. The number of hydrogen-bond acceptors (Lipinski definition) is 4. The van der Waals surface area contributed by atoms with E-state index >= 15 is 0 Å². The van der Waals surface area contributed by atoms with Gasteiger partial charge in [-0.1, -0.05) is 23.2 Å². The van der Waals surface area contributed by atoms with Crippen molar-refractivity contribution in [1.82, 2.24) is 10.3 Å². The van der Waals surface area contributed by atoms with Gasteiger partial charge in [-0.3, -0.25) is 4.79 Å². The number of rotatable bonds is 2. The van der Waals surface area contributed by atoms with Crippen molar-refractivity contribution in [1.29, 1.82) is 0 Å². The van der Waals surface area contributed by atoms with Gasteiger partial charge in [0.25, 0.3) is 5.91 Å². The molecule has 1 saturated heterocycles. The Bertz CT molecular complexity index is 710. The van der Waals surface area contributed by atoms with Crippen LogP contribution in [-0.4, -0.2) is 30.1 Å². The Morgan fingerprint density at radius 3 is 2.65 bits per heavy atom. The predicted octanol–water partition coefficient (Wildman–Crippen LogP) is 3.35. The largest absolute Gasteiger partial charge is 0.377 e. The van der Waals surface area contributed by atoms with Crippen LogP contribution in [0.4, 0.5) is 0 Å². The number of fused-ring (bicyclic) bond motifs is 1. The third-order valence-corrected chi connectivity index (χ3v) is 5.43. The average molecular weight is 331 g/mol. The lowest BCUT2D eigenvalue weighted by Crippen LogP contribution is -2.48. The molecule has 1 fully saturated rings. The second-order valence-electron chi connectivity index (χ2n) is 4.77. The predicted molar refractivity (Wildman–Crippen MR) is 81.2 cm³/mol. The summed E-state index contributed by atoms with van der Waals surface area (Å²) in [5.74, 6) is -0.181. The summed E-state index contributed by atoms with van der Waals surface area (Å²) >= 11 is 13.8. The van der Waals surface area contributed by atoms with Crippen LogP contribution in [0.25, 0.3) is 10.2 Å². The van der Waals surface area contributed by atoms with Gasteiger partial charge in [-0.2, -0.15) is 0 Å². The number of nitrogens with zero attached hydrogens (tertiary/aromatic N) is 1. The van der Waals surface area contributed by atoms with E-state index in [4.69, 9.17) is 27.9 Å². The molecule has 0 atom stereocenters. The maximum Gasteiger partial charge on any atom is 0.263 e. The molecule has 106 valence electrons. The summed E-state index contributed by atoms with van der Waals surface area (Å²) in [5, 5.41) is 4.67. The van der Waals surface area contributed by atoms with Gasteiger partial charge in [-0.05, 0) is 19.4 Å². The minimum absolute atomic E-state index is 0.0724. The minimum atomic E-state index is -0.181. The summed E-state index contributed by atoms with van der Waals surface area (Å²) in [6, 6.07) is 0.0724. The van der Waals surface area contributed by atoms with Crippen molar-refractivity contribution in [2.75, 3.05) is 13.2 Å². The lowest BCUT2D eigenvalue weighted by Gasteiger charge is -2.26. The van der Waals surface area contributed by atoms with Crippen molar-refractivity contribution in [2.24, 2.45) is 0 Å². The Hall–Kier alpha value is -0.880. The van der Waals surface area contributed by atoms with Crippen molar-refractivity contribution >= 4 is 50.7 Å². The minimum Gasteiger partial charge on any atom is -0.377 e. The molecule has 1 amide bonds. The fourth-order valence-corrected chi connectivity index (χ4v) is 3.80. The molecule has 0 aliphatic carbocycles. The molecule has 1 aliphatic heterocycles. The standard InChI is InChI=1S/C13H12Cl2N2O2S/c1-5-8-10(15)11(12(18)17-7-3-19-4-7)20-13(8)16-6(2)9(5)14/h7H,3-4H2,1-2H3,(H,17,18). The van der Waals surface area contributed by atoms with Crippen molar-refractivity contribution in [3.05, 3.63) is 26.2 Å². The van der Waals surface area contributed by atoms with Crippen LogP contribution in [0.3, 0.4) is 0 Å². The molecule has 0 radical (unpaired) electrons. The van der Waals surface area contributed by atoms with E-state index in [9.17, 15) is 4.79 Å². The molecule has 0 saturated carbocycles. The maximum atomic E-state index is 12.2. The summed E-state index contributed by atoms with van der Waals surface area (Å²) in [6.07, 6.45) is 0. The fourth-order valence-electron chi connectivity index (χ4n) is 2.10. The molecule has 0 spiro atoms. The Morgan fingerprint density at radius 2 is 2.05 bits per heavy atom. The van der Waals surface area contributed by atoms with Gasteiger partial charge >= 0.3 is 0 Å². The van der Waals surface area contributed by atoms with E-state index in [-0.39, 0.29) is 11.9 Å². The quantitative estimate of drug-likeness (QED) is 0.918. The normalized spacial score (nSPS) is 15.4. The van der Waals surface area contributed by atoms with E-state index < -0.39 is 0 Å². The van der Waals surface area contributed by atoms with Gasteiger partial charge in [-0.25, -0.2) is 4.98 Å². The zero-order chi connectivity index (χ0) is 14.4. The van der Waals surface area contributed by atoms with Crippen LogP contribution >= 0.6 is 34.5 Å². The molecule has 4 nitrogen and oxygen atoms in total. The van der Waals surface area contributed by atoms with Gasteiger partial charge in [0.1, 0.15) is 9.71 Å². The van der Waals surface area contributed by atoms with Gasteiger partial charge in [-0.15, -0.1) is 11.3 Å². The van der Waals surface area contributed by atoms with Gasteiger partial charge in [0.05, 0.1) is 35.0 Å². The first-order valence-electron chi connectivity index (χ1n) is 6.12. The van der Waals surface area contributed by atoms with Gasteiger partial charge < -0.3 is 10.1 Å². The molecule has 1 N–H and O–H groups in total. The molecule has 7 heteroatoms. The number of carbonyl (C=O) groups excluding carboxylic acids is 1. The highest BCUT2D eigenvalue weighted by Gasteiger charge is 2.25. The summed E-state index contributed by atoms with van der Waals surface area (Å²) in [4.78, 5) is 17.8. The van der Waals surface area contributed by atoms with Crippen LogP contribution in [0.5, 0.6) is 0 Å². The van der Waals surface area contributed by atoms with Gasteiger partial charge in [0, 0.05) is 5.39 Å². The summed E-state index contributed by atoms with van der Waals surface area (Å²) in [7, 11) is 0. The number of ether oxygens (including phenoxy) is 1. The number of aromatic nitrogens is 1.